The molecule has 2 aromatic rings. The maximum atomic E-state index is 12.2. The Balaban J connectivity index is 1.84. The van der Waals surface area contributed by atoms with Gasteiger partial charge in [0.2, 0.25) is 0 Å². The van der Waals surface area contributed by atoms with Gasteiger partial charge < -0.3 is 14.4 Å². The van der Waals surface area contributed by atoms with Crippen molar-refractivity contribution in [1.29, 1.82) is 0 Å². The van der Waals surface area contributed by atoms with Crippen LogP contribution < -0.4 is 4.90 Å². The molecule has 1 atom stereocenters. The molecule has 126 valence electrons. The molecule has 3 rings (SSSR count). The van der Waals surface area contributed by atoms with Crippen molar-refractivity contribution >= 4 is 27.7 Å². The fraction of sp³-hybridized carbons (Fsp3) is 0.333. The molecule has 0 bridgehead atoms. The Labute approximate surface area is 149 Å². The van der Waals surface area contributed by atoms with E-state index in [9.17, 15) is 4.79 Å². The van der Waals surface area contributed by atoms with E-state index in [1.165, 1.54) is 0 Å². The maximum Gasteiger partial charge on any atom is 0.341 e. The molecule has 0 spiro atoms. The molecular formula is C18H19BrN2O3. The van der Waals surface area contributed by atoms with Gasteiger partial charge in [-0.05, 0) is 36.8 Å². The fourth-order valence-electron chi connectivity index (χ4n) is 2.77. The van der Waals surface area contributed by atoms with Crippen LogP contribution in [0.25, 0.3) is 0 Å². The zero-order valence-electron chi connectivity index (χ0n) is 13.4. The van der Waals surface area contributed by atoms with Crippen LogP contribution in [0.1, 0.15) is 28.9 Å². The van der Waals surface area contributed by atoms with Crippen LogP contribution in [0.2, 0.25) is 0 Å². The largest absolute Gasteiger partial charge is 0.462 e. The first kappa shape index (κ1) is 16.9. The third-order valence-electron chi connectivity index (χ3n) is 3.87. The number of esters is 1. The van der Waals surface area contributed by atoms with Gasteiger partial charge in [-0.15, -0.1) is 0 Å². The summed E-state index contributed by atoms with van der Waals surface area (Å²) in [5.74, 6) is 0.311. The number of halogens is 1. The molecule has 1 saturated heterocycles. The van der Waals surface area contributed by atoms with E-state index in [2.05, 4.69) is 31.9 Å². The van der Waals surface area contributed by atoms with Gasteiger partial charge in [0.15, 0.2) is 0 Å². The Hall–Kier alpha value is -1.92. The summed E-state index contributed by atoms with van der Waals surface area (Å²) < 4.78 is 12.1. The van der Waals surface area contributed by atoms with Gasteiger partial charge in [0.25, 0.3) is 0 Å². The Morgan fingerprint density at radius 1 is 1.42 bits per heavy atom. The van der Waals surface area contributed by atoms with E-state index < -0.39 is 0 Å². The number of nitrogens with zero attached hydrogens (tertiary/aromatic N) is 2. The SMILES string of the molecule is CCOC(=O)c1cccnc1N1CCOC(c2cccc(Br)c2)C1. The fourth-order valence-corrected chi connectivity index (χ4v) is 3.18. The lowest BCUT2D eigenvalue weighted by Crippen LogP contribution is -2.39. The van der Waals surface area contributed by atoms with Gasteiger partial charge in [-0.3, -0.25) is 0 Å². The summed E-state index contributed by atoms with van der Waals surface area (Å²) in [5.41, 5.74) is 1.59. The van der Waals surface area contributed by atoms with Crippen LogP contribution in [0, 0.1) is 0 Å². The maximum absolute atomic E-state index is 12.2. The van der Waals surface area contributed by atoms with E-state index in [1.807, 2.05) is 18.2 Å². The van der Waals surface area contributed by atoms with Gasteiger partial charge in [0.05, 0.1) is 13.2 Å². The van der Waals surface area contributed by atoms with E-state index in [0.717, 1.165) is 10.0 Å². The molecular weight excluding hydrogens is 372 g/mol. The predicted octanol–water partition coefficient (Wildman–Crippen LogP) is 3.60. The van der Waals surface area contributed by atoms with Crippen molar-refractivity contribution in [2.75, 3.05) is 31.2 Å². The van der Waals surface area contributed by atoms with Crippen molar-refractivity contribution in [3.8, 4) is 0 Å². The molecule has 1 aliphatic heterocycles. The number of rotatable bonds is 4. The van der Waals surface area contributed by atoms with Crippen molar-refractivity contribution in [2.24, 2.45) is 0 Å². The van der Waals surface area contributed by atoms with Gasteiger partial charge >= 0.3 is 5.97 Å². The Morgan fingerprint density at radius 2 is 2.29 bits per heavy atom. The molecule has 2 heterocycles. The number of hydrogen-bond acceptors (Lipinski definition) is 5. The molecule has 0 saturated carbocycles. The van der Waals surface area contributed by atoms with Crippen LogP contribution in [0.15, 0.2) is 47.1 Å². The number of carbonyl (C=O) groups excluding carboxylic acids is 1. The summed E-state index contributed by atoms with van der Waals surface area (Å²) in [7, 11) is 0. The summed E-state index contributed by atoms with van der Waals surface area (Å²) in [5, 5.41) is 0. The third kappa shape index (κ3) is 3.76. The van der Waals surface area contributed by atoms with Crippen molar-refractivity contribution in [2.45, 2.75) is 13.0 Å². The number of carbonyl (C=O) groups is 1. The van der Waals surface area contributed by atoms with E-state index in [0.29, 0.717) is 37.7 Å². The number of pyridine rings is 1. The second-order valence-electron chi connectivity index (χ2n) is 5.46. The molecule has 24 heavy (non-hydrogen) atoms. The first-order valence-corrected chi connectivity index (χ1v) is 8.72. The lowest BCUT2D eigenvalue weighted by atomic mass is 10.1. The summed E-state index contributed by atoms with van der Waals surface area (Å²) >= 11 is 3.49. The van der Waals surface area contributed by atoms with Crippen LogP contribution in [-0.4, -0.2) is 37.3 Å². The highest BCUT2D eigenvalue weighted by Crippen LogP contribution is 2.28. The van der Waals surface area contributed by atoms with E-state index in [-0.39, 0.29) is 12.1 Å². The van der Waals surface area contributed by atoms with E-state index in [4.69, 9.17) is 9.47 Å². The van der Waals surface area contributed by atoms with Gasteiger partial charge in [-0.2, -0.15) is 0 Å². The minimum Gasteiger partial charge on any atom is -0.462 e. The zero-order valence-corrected chi connectivity index (χ0v) is 15.0. The summed E-state index contributed by atoms with van der Waals surface area (Å²) in [6, 6.07) is 11.6. The lowest BCUT2D eigenvalue weighted by molar-refractivity contribution is 0.0389. The summed E-state index contributed by atoms with van der Waals surface area (Å²) in [6.45, 7) is 4.05. The quantitative estimate of drug-likeness (QED) is 0.746. The van der Waals surface area contributed by atoms with Gasteiger partial charge in [-0.1, -0.05) is 28.1 Å². The molecule has 0 aliphatic carbocycles. The first-order valence-electron chi connectivity index (χ1n) is 7.93. The molecule has 0 radical (unpaired) electrons. The summed E-state index contributed by atoms with van der Waals surface area (Å²) in [6.07, 6.45) is 1.63. The molecule has 0 N–H and O–H groups in total. The van der Waals surface area contributed by atoms with Gasteiger partial charge in [0.1, 0.15) is 17.5 Å². The van der Waals surface area contributed by atoms with Crippen LogP contribution in [0.5, 0.6) is 0 Å². The van der Waals surface area contributed by atoms with Crippen LogP contribution >= 0.6 is 15.9 Å². The number of hydrogen-bond donors (Lipinski definition) is 0. The van der Waals surface area contributed by atoms with Crippen LogP contribution in [0.4, 0.5) is 5.82 Å². The van der Waals surface area contributed by atoms with Crippen molar-refractivity contribution < 1.29 is 14.3 Å². The number of benzene rings is 1. The van der Waals surface area contributed by atoms with Gasteiger partial charge in [0, 0.05) is 23.8 Å². The predicted molar refractivity (Wildman–Crippen MR) is 95.2 cm³/mol. The van der Waals surface area contributed by atoms with Crippen LogP contribution in [-0.2, 0) is 9.47 Å². The minimum atomic E-state index is -0.342. The second-order valence-corrected chi connectivity index (χ2v) is 6.37. The average molecular weight is 391 g/mol. The number of aromatic nitrogens is 1. The second kappa shape index (κ2) is 7.77. The monoisotopic (exact) mass is 390 g/mol. The molecule has 1 fully saturated rings. The molecule has 6 heteroatoms. The topological polar surface area (TPSA) is 51.7 Å². The van der Waals surface area contributed by atoms with Crippen LogP contribution in [0.3, 0.4) is 0 Å². The Bertz CT molecular complexity index is 723. The lowest BCUT2D eigenvalue weighted by Gasteiger charge is -2.34. The normalized spacial score (nSPS) is 17.6. The third-order valence-corrected chi connectivity index (χ3v) is 4.36. The molecule has 1 aromatic heterocycles. The molecule has 1 unspecified atom stereocenters. The summed E-state index contributed by atoms with van der Waals surface area (Å²) in [4.78, 5) is 18.7. The first-order chi connectivity index (χ1) is 11.7. The highest BCUT2D eigenvalue weighted by Gasteiger charge is 2.26. The molecule has 1 aromatic carbocycles. The molecule has 0 amide bonds. The van der Waals surface area contributed by atoms with E-state index in [1.54, 1.807) is 25.3 Å². The average Bonchev–Trinajstić information content (AvgIpc) is 2.62. The van der Waals surface area contributed by atoms with E-state index >= 15 is 0 Å². The smallest absolute Gasteiger partial charge is 0.341 e. The number of morpholine rings is 1. The molecule has 1 aliphatic rings. The standard InChI is InChI=1S/C18H19BrN2O3/c1-2-23-18(22)15-7-4-8-20-17(15)21-9-10-24-16(12-21)13-5-3-6-14(19)11-13/h3-8,11,16H,2,9-10,12H2,1H3. The highest BCUT2D eigenvalue weighted by atomic mass is 79.9. The van der Waals surface area contributed by atoms with Gasteiger partial charge in [-0.25, -0.2) is 9.78 Å². The number of ether oxygens (including phenoxy) is 2. The highest BCUT2D eigenvalue weighted by molar-refractivity contribution is 9.10. The Kier molecular flexibility index (Phi) is 5.48. The van der Waals surface area contributed by atoms with Crippen molar-refractivity contribution in [3.63, 3.8) is 0 Å². The number of anilines is 1. The molecule has 5 nitrogen and oxygen atoms in total. The minimum absolute atomic E-state index is 0.0618. The van der Waals surface area contributed by atoms with Crippen molar-refractivity contribution in [1.82, 2.24) is 4.98 Å². The zero-order chi connectivity index (χ0) is 16.9. The van der Waals surface area contributed by atoms with Crippen molar-refractivity contribution in [3.05, 3.63) is 58.2 Å². The Morgan fingerprint density at radius 3 is 3.08 bits per heavy atom.